The third kappa shape index (κ3) is 6.46. The average Bonchev–Trinajstić information content (AvgIpc) is 2.70. The van der Waals surface area contributed by atoms with Gasteiger partial charge in [-0.2, -0.15) is 0 Å². The van der Waals surface area contributed by atoms with Crippen LogP contribution < -0.4 is 20.1 Å². The first-order chi connectivity index (χ1) is 13.6. The topological polar surface area (TPSA) is 58.1 Å². The molecule has 0 aromatic heterocycles. The summed E-state index contributed by atoms with van der Waals surface area (Å²) < 4.78 is 10.7. The monoisotopic (exact) mass is 384 g/mol. The largest absolute Gasteiger partial charge is 0.493 e. The molecular formula is C22H32N4O2. The van der Waals surface area contributed by atoms with E-state index < -0.39 is 0 Å². The lowest BCUT2D eigenvalue weighted by molar-refractivity contribution is 0.354. The molecule has 0 amide bonds. The van der Waals surface area contributed by atoms with Gasteiger partial charge in [0, 0.05) is 26.7 Å². The Morgan fingerprint density at radius 1 is 0.964 bits per heavy atom. The maximum absolute atomic E-state index is 5.37. The predicted octanol–water partition coefficient (Wildman–Crippen LogP) is 2.67. The van der Waals surface area contributed by atoms with Gasteiger partial charge in [-0.3, -0.25) is 4.99 Å². The van der Waals surface area contributed by atoms with Crippen molar-refractivity contribution in [1.29, 1.82) is 0 Å². The molecule has 0 spiro atoms. The van der Waals surface area contributed by atoms with Crippen molar-refractivity contribution in [2.24, 2.45) is 4.99 Å². The van der Waals surface area contributed by atoms with Crippen LogP contribution in [0.15, 0.2) is 47.5 Å². The van der Waals surface area contributed by atoms with E-state index in [9.17, 15) is 0 Å². The van der Waals surface area contributed by atoms with E-state index in [0.29, 0.717) is 0 Å². The van der Waals surface area contributed by atoms with Gasteiger partial charge in [-0.05, 0) is 49.3 Å². The van der Waals surface area contributed by atoms with Crippen LogP contribution in [0.25, 0.3) is 0 Å². The number of ether oxygens (including phenoxy) is 2. The molecule has 28 heavy (non-hydrogen) atoms. The summed E-state index contributed by atoms with van der Waals surface area (Å²) in [5.74, 6) is 2.29. The minimum absolute atomic E-state index is 0.736. The Morgan fingerprint density at radius 2 is 1.68 bits per heavy atom. The van der Waals surface area contributed by atoms with Crippen LogP contribution in [0.1, 0.15) is 16.7 Å². The second-order valence-electron chi connectivity index (χ2n) is 6.80. The molecule has 6 heteroatoms. The van der Waals surface area contributed by atoms with Gasteiger partial charge in [-0.15, -0.1) is 0 Å². The Labute approximate surface area is 168 Å². The van der Waals surface area contributed by atoms with Crippen molar-refractivity contribution in [3.8, 4) is 11.5 Å². The fourth-order valence-electron chi connectivity index (χ4n) is 2.99. The van der Waals surface area contributed by atoms with E-state index in [4.69, 9.17) is 9.47 Å². The number of aliphatic imine (C=N–C) groups is 1. The van der Waals surface area contributed by atoms with E-state index in [1.165, 1.54) is 16.7 Å². The average molecular weight is 385 g/mol. The van der Waals surface area contributed by atoms with Crippen LogP contribution in [0, 0.1) is 0 Å². The zero-order valence-electron chi connectivity index (χ0n) is 17.6. The first-order valence-corrected chi connectivity index (χ1v) is 9.44. The van der Waals surface area contributed by atoms with Crippen molar-refractivity contribution in [2.45, 2.75) is 19.5 Å². The lowest BCUT2D eigenvalue weighted by atomic mass is 10.1. The van der Waals surface area contributed by atoms with Gasteiger partial charge in [0.1, 0.15) is 0 Å². The maximum Gasteiger partial charge on any atom is 0.191 e. The van der Waals surface area contributed by atoms with E-state index in [1.807, 2.05) is 12.1 Å². The van der Waals surface area contributed by atoms with Gasteiger partial charge in [0.25, 0.3) is 0 Å². The van der Waals surface area contributed by atoms with Crippen LogP contribution >= 0.6 is 0 Å². The van der Waals surface area contributed by atoms with Crippen molar-refractivity contribution >= 4 is 5.96 Å². The van der Waals surface area contributed by atoms with E-state index >= 15 is 0 Å². The molecule has 6 nitrogen and oxygen atoms in total. The summed E-state index contributed by atoms with van der Waals surface area (Å²) in [7, 11) is 9.25. The van der Waals surface area contributed by atoms with Crippen LogP contribution in [0.3, 0.4) is 0 Å². The van der Waals surface area contributed by atoms with Crippen LogP contribution in [0.2, 0.25) is 0 Å². The highest BCUT2D eigenvalue weighted by molar-refractivity contribution is 5.79. The quantitative estimate of drug-likeness (QED) is 0.514. The Morgan fingerprint density at radius 3 is 2.32 bits per heavy atom. The molecule has 0 aliphatic rings. The summed E-state index contributed by atoms with van der Waals surface area (Å²) >= 11 is 0. The molecule has 0 atom stereocenters. The molecule has 0 heterocycles. The summed E-state index contributed by atoms with van der Waals surface area (Å²) in [6.07, 6.45) is 0.859. The number of guanidine groups is 1. The van der Waals surface area contributed by atoms with Crippen molar-refractivity contribution in [1.82, 2.24) is 15.5 Å². The number of hydrogen-bond acceptors (Lipinski definition) is 4. The smallest absolute Gasteiger partial charge is 0.191 e. The van der Waals surface area contributed by atoms with Crippen LogP contribution in [-0.4, -0.2) is 52.8 Å². The number of benzene rings is 2. The van der Waals surface area contributed by atoms with Gasteiger partial charge >= 0.3 is 0 Å². The molecule has 2 aromatic rings. The fourth-order valence-corrected chi connectivity index (χ4v) is 2.99. The molecule has 152 valence electrons. The molecule has 0 unspecified atom stereocenters. The number of methoxy groups -OCH3 is 2. The Kier molecular flexibility index (Phi) is 8.62. The number of nitrogens with one attached hydrogen (secondary N) is 2. The van der Waals surface area contributed by atoms with Crippen molar-refractivity contribution in [2.75, 3.05) is 41.9 Å². The van der Waals surface area contributed by atoms with E-state index in [1.54, 1.807) is 21.3 Å². The first kappa shape index (κ1) is 21.6. The van der Waals surface area contributed by atoms with Gasteiger partial charge < -0.3 is 25.0 Å². The minimum Gasteiger partial charge on any atom is -0.493 e. The Hall–Kier alpha value is -2.73. The highest BCUT2D eigenvalue weighted by Crippen LogP contribution is 2.27. The summed E-state index contributed by atoms with van der Waals surface area (Å²) in [5, 5.41) is 6.77. The molecule has 0 aliphatic heterocycles. The van der Waals surface area contributed by atoms with E-state index in [0.717, 1.165) is 43.5 Å². The van der Waals surface area contributed by atoms with Crippen molar-refractivity contribution in [3.05, 3.63) is 59.2 Å². The second kappa shape index (κ2) is 11.2. The molecule has 2 rings (SSSR count). The molecule has 0 saturated carbocycles. The second-order valence-corrected chi connectivity index (χ2v) is 6.80. The number of hydrogen-bond donors (Lipinski definition) is 2. The lowest BCUT2D eigenvalue weighted by Gasteiger charge is -2.16. The molecule has 2 aromatic carbocycles. The zero-order chi connectivity index (χ0) is 20.4. The molecule has 0 aliphatic carbocycles. The van der Waals surface area contributed by atoms with Gasteiger partial charge in [0.05, 0.1) is 14.2 Å². The maximum atomic E-state index is 5.37. The molecule has 0 radical (unpaired) electrons. The summed E-state index contributed by atoms with van der Waals surface area (Å²) in [4.78, 5) is 6.50. The van der Waals surface area contributed by atoms with Crippen molar-refractivity contribution in [3.63, 3.8) is 0 Å². The third-order valence-corrected chi connectivity index (χ3v) is 4.43. The molecule has 0 bridgehead atoms. The van der Waals surface area contributed by atoms with Crippen LogP contribution in [0.4, 0.5) is 0 Å². The van der Waals surface area contributed by atoms with Gasteiger partial charge in [0.15, 0.2) is 17.5 Å². The highest BCUT2D eigenvalue weighted by atomic mass is 16.5. The Balaban J connectivity index is 1.87. The molecule has 2 N–H and O–H groups in total. The number of rotatable bonds is 9. The van der Waals surface area contributed by atoms with Gasteiger partial charge in [0.2, 0.25) is 0 Å². The highest BCUT2D eigenvalue weighted by Gasteiger charge is 2.06. The lowest BCUT2D eigenvalue weighted by Crippen LogP contribution is -2.38. The first-order valence-electron chi connectivity index (χ1n) is 9.44. The van der Waals surface area contributed by atoms with Crippen LogP contribution in [-0.2, 0) is 19.5 Å². The Bertz CT molecular complexity index is 775. The molecule has 0 saturated heterocycles. The summed E-state index contributed by atoms with van der Waals surface area (Å²) in [6, 6.07) is 14.5. The SMILES string of the molecule is CN=C(NCCc1ccc(OC)c(OC)c1)NCc1ccccc1CN(C)C. The standard InChI is InChI=1S/C22H32N4O2/c1-23-22(25-15-18-8-6-7-9-19(18)16-26(2)3)24-13-12-17-10-11-20(27-4)21(14-17)28-5/h6-11,14H,12-13,15-16H2,1-5H3,(H2,23,24,25). The predicted molar refractivity (Wildman–Crippen MR) is 115 cm³/mol. The van der Waals surface area contributed by atoms with Crippen LogP contribution in [0.5, 0.6) is 11.5 Å². The van der Waals surface area contributed by atoms with Gasteiger partial charge in [-0.1, -0.05) is 30.3 Å². The normalized spacial score (nSPS) is 11.4. The van der Waals surface area contributed by atoms with Gasteiger partial charge in [-0.25, -0.2) is 0 Å². The molecular weight excluding hydrogens is 352 g/mol. The number of nitrogens with zero attached hydrogens (tertiary/aromatic N) is 2. The van der Waals surface area contributed by atoms with E-state index in [2.05, 4.69) is 65.0 Å². The third-order valence-electron chi connectivity index (χ3n) is 4.43. The van der Waals surface area contributed by atoms with E-state index in [-0.39, 0.29) is 0 Å². The minimum atomic E-state index is 0.736. The zero-order valence-corrected chi connectivity index (χ0v) is 17.6. The fraction of sp³-hybridized carbons (Fsp3) is 0.409. The summed E-state index contributed by atoms with van der Waals surface area (Å²) in [6.45, 7) is 2.43. The summed E-state index contributed by atoms with van der Waals surface area (Å²) in [5.41, 5.74) is 3.77. The van der Waals surface area contributed by atoms with Crippen molar-refractivity contribution < 1.29 is 9.47 Å². The molecule has 0 fully saturated rings.